The molecule has 4 rings (SSSR count). The van der Waals surface area contributed by atoms with Crippen LogP contribution in [0.3, 0.4) is 0 Å². The molecule has 0 unspecified atom stereocenters. The van der Waals surface area contributed by atoms with Crippen molar-refractivity contribution in [3.05, 3.63) is 84.7 Å². The van der Waals surface area contributed by atoms with Crippen LogP contribution in [-0.4, -0.2) is 19.6 Å². The molecule has 2 heterocycles. The van der Waals surface area contributed by atoms with Gasteiger partial charge in [-0.3, -0.25) is 0 Å². The Hall–Kier alpha value is -3.34. The molecule has 0 aliphatic rings. The first kappa shape index (κ1) is 17.1. The maximum atomic E-state index is 5.82. The molecule has 0 saturated carbocycles. The number of nitrogens with zero attached hydrogens (tertiary/aromatic N) is 4. The molecule has 27 heavy (non-hydrogen) atoms. The highest BCUT2D eigenvalue weighted by atomic mass is 16.5. The van der Waals surface area contributed by atoms with Crippen LogP contribution in [0.2, 0.25) is 0 Å². The SMILES string of the molecule is CC(C)(C)c1cccc(-n2ccc(Oc3ccn(-c4ccccc4)n3)n2)c1. The van der Waals surface area contributed by atoms with E-state index in [4.69, 9.17) is 4.74 Å². The van der Waals surface area contributed by atoms with Crippen LogP contribution in [0.25, 0.3) is 11.4 Å². The average molecular weight is 358 g/mol. The molecule has 5 nitrogen and oxygen atoms in total. The van der Waals surface area contributed by atoms with Crippen molar-refractivity contribution < 1.29 is 4.74 Å². The van der Waals surface area contributed by atoms with E-state index in [2.05, 4.69) is 49.2 Å². The molecule has 136 valence electrons. The number of para-hydroxylation sites is 1. The molecule has 4 aromatic rings. The number of benzene rings is 2. The van der Waals surface area contributed by atoms with Crippen molar-refractivity contribution in [2.24, 2.45) is 0 Å². The molecule has 2 aromatic carbocycles. The maximum absolute atomic E-state index is 5.82. The summed E-state index contributed by atoms with van der Waals surface area (Å²) in [5.41, 5.74) is 3.34. The van der Waals surface area contributed by atoms with Crippen LogP contribution in [-0.2, 0) is 5.41 Å². The van der Waals surface area contributed by atoms with Crippen molar-refractivity contribution in [3.8, 4) is 23.1 Å². The number of rotatable bonds is 4. The molecule has 0 atom stereocenters. The largest absolute Gasteiger partial charge is 0.417 e. The lowest BCUT2D eigenvalue weighted by Gasteiger charge is -2.19. The standard InChI is InChI=1S/C22H22N4O/c1-22(2,3)17-8-7-11-19(16-17)26-15-13-21(24-26)27-20-12-14-25(23-20)18-9-5-4-6-10-18/h4-16H,1-3H3. The lowest BCUT2D eigenvalue weighted by atomic mass is 9.87. The summed E-state index contributed by atoms with van der Waals surface area (Å²) < 4.78 is 9.41. The third-order valence-electron chi connectivity index (χ3n) is 4.34. The Balaban J connectivity index is 1.53. The summed E-state index contributed by atoms with van der Waals surface area (Å²) in [5.74, 6) is 1.02. The Labute approximate surface area is 158 Å². The van der Waals surface area contributed by atoms with Gasteiger partial charge in [0.25, 0.3) is 0 Å². The van der Waals surface area contributed by atoms with Gasteiger partial charge in [-0.25, -0.2) is 9.36 Å². The van der Waals surface area contributed by atoms with E-state index in [1.165, 1.54) is 5.56 Å². The molecular weight excluding hydrogens is 336 g/mol. The van der Waals surface area contributed by atoms with Gasteiger partial charge in [0, 0.05) is 24.5 Å². The summed E-state index contributed by atoms with van der Waals surface area (Å²) >= 11 is 0. The predicted octanol–water partition coefficient (Wildman–Crippen LogP) is 5.15. The summed E-state index contributed by atoms with van der Waals surface area (Å²) in [5, 5.41) is 8.98. The molecule has 0 bridgehead atoms. The molecule has 0 aliphatic carbocycles. The van der Waals surface area contributed by atoms with E-state index in [0.717, 1.165) is 11.4 Å². The summed E-state index contributed by atoms with van der Waals surface area (Å²) in [4.78, 5) is 0. The molecule has 5 heteroatoms. The van der Waals surface area contributed by atoms with Crippen LogP contribution in [0.15, 0.2) is 79.1 Å². The van der Waals surface area contributed by atoms with Gasteiger partial charge in [0.05, 0.1) is 11.4 Å². The van der Waals surface area contributed by atoms with Crippen molar-refractivity contribution in [2.45, 2.75) is 26.2 Å². The third kappa shape index (κ3) is 3.77. The molecule has 2 aromatic heterocycles. The van der Waals surface area contributed by atoms with Gasteiger partial charge in [0.2, 0.25) is 11.8 Å². The lowest BCUT2D eigenvalue weighted by molar-refractivity contribution is 0.435. The maximum Gasteiger partial charge on any atom is 0.240 e. The van der Waals surface area contributed by atoms with Crippen molar-refractivity contribution in [1.29, 1.82) is 0 Å². The number of hydrogen-bond donors (Lipinski definition) is 0. The van der Waals surface area contributed by atoms with E-state index >= 15 is 0 Å². The first-order chi connectivity index (χ1) is 13.0. The van der Waals surface area contributed by atoms with Crippen LogP contribution < -0.4 is 4.74 Å². The normalized spacial score (nSPS) is 11.5. The first-order valence-electron chi connectivity index (χ1n) is 8.95. The van der Waals surface area contributed by atoms with Crippen molar-refractivity contribution in [2.75, 3.05) is 0 Å². The Morgan fingerprint density at radius 2 is 1.30 bits per heavy atom. The fourth-order valence-electron chi connectivity index (χ4n) is 2.81. The van der Waals surface area contributed by atoms with E-state index in [1.807, 2.05) is 65.6 Å². The second kappa shape index (κ2) is 6.76. The molecular formula is C22H22N4O. The van der Waals surface area contributed by atoms with E-state index in [-0.39, 0.29) is 5.41 Å². The molecule has 0 spiro atoms. The molecule has 0 N–H and O–H groups in total. The zero-order chi connectivity index (χ0) is 18.9. The lowest BCUT2D eigenvalue weighted by Crippen LogP contribution is -2.11. The van der Waals surface area contributed by atoms with Gasteiger partial charge in [-0.1, -0.05) is 51.1 Å². The summed E-state index contributed by atoms with van der Waals surface area (Å²) in [6, 6.07) is 22.0. The summed E-state index contributed by atoms with van der Waals surface area (Å²) in [6.07, 6.45) is 3.76. The number of hydrogen-bond acceptors (Lipinski definition) is 3. The van der Waals surface area contributed by atoms with Gasteiger partial charge in [-0.2, -0.15) is 0 Å². The zero-order valence-corrected chi connectivity index (χ0v) is 15.7. The van der Waals surface area contributed by atoms with Crippen molar-refractivity contribution >= 4 is 0 Å². The van der Waals surface area contributed by atoms with E-state index in [0.29, 0.717) is 11.8 Å². The molecule has 0 fully saturated rings. The molecule has 0 saturated heterocycles. The highest BCUT2D eigenvalue weighted by molar-refractivity contribution is 5.39. The van der Waals surface area contributed by atoms with Gasteiger partial charge < -0.3 is 4.74 Å². The van der Waals surface area contributed by atoms with Crippen LogP contribution >= 0.6 is 0 Å². The number of ether oxygens (including phenoxy) is 1. The Morgan fingerprint density at radius 3 is 1.93 bits per heavy atom. The van der Waals surface area contributed by atoms with E-state index < -0.39 is 0 Å². The quantitative estimate of drug-likeness (QED) is 0.507. The van der Waals surface area contributed by atoms with Crippen LogP contribution in [0, 0.1) is 0 Å². The van der Waals surface area contributed by atoms with Crippen LogP contribution in [0.1, 0.15) is 26.3 Å². The molecule has 0 radical (unpaired) electrons. The van der Waals surface area contributed by atoms with E-state index in [1.54, 1.807) is 4.68 Å². The molecule has 0 aliphatic heterocycles. The second-order valence-corrected chi connectivity index (χ2v) is 7.44. The highest BCUT2D eigenvalue weighted by Crippen LogP contribution is 2.25. The van der Waals surface area contributed by atoms with Crippen LogP contribution in [0.5, 0.6) is 11.8 Å². The monoisotopic (exact) mass is 358 g/mol. The Morgan fingerprint density at radius 1 is 0.704 bits per heavy atom. The highest BCUT2D eigenvalue weighted by Gasteiger charge is 2.14. The average Bonchev–Trinajstić information content (AvgIpc) is 3.32. The van der Waals surface area contributed by atoms with Gasteiger partial charge in [-0.05, 0) is 35.2 Å². The van der Waals surface area contributed by atoms with Crippen LogP contribution in [0.4, 0.5) is 0 Å². The zero-order valence-electron chi connectivity index (χ0n) is 15.7. The summed E-state index contributed by atoms with van der Waals surface area (Å²) in [7, 11) is 0. The first-order valence-corrected chi connectivity index (χ1v) is 8.95. The third-order valence-corrected chi connectivity index (χ3v) is 4.34. The van der Waals surface area contributed by atoms with Crippen molar-refractivity contribution in [1.82, 2.24) is 19.6 Å². The fraction of sp³-hybridized carbons (Fsp3) is 0.182. The van der Waals surface area contributed by atoms with E-state index in [9.17, 15) is 0 Å². The number of aromatic nitrogens is 4. The smallest absolute Gasteiger partial charge is 0.240 e. The Kier molecular flexibility index (Phi) is 4.28. The minimum absolute atomic E-state index is 0.0900. The van der Waals surface area contributed by atoms with Crippen molar-refractivity contribution in [3.63, 3.8) is 0 Å². The Bertz CT molecular complexity index is 1040. The predicted molar refractivity (Wildman–Crippen MR) is 106 cm³/mol. The molecule has 0 amide bonds. The van der Waals surface area contributed by atoms with Gasteiger partial charge in [0.1, 0.15) is 0 Å². The van der Waals surface area contributed by atoms with Gasteiger partial charge >= 0.3 is 0 Å². The minimum atomic E-state index is 0.0900. The second-order valence-electron chi connectivity index (χ2n) is 7.44. The fourth-order valence-corrected chi connectivity index (χ4v) is 2.81. The summed E-state index contributed by atoms with van der Waals surface area (Å²) in [6.45, 7) is 6.60. The topological polar surface area (TPSA) is 44.9 Å². The minimum Gasteiger partial charge on any atom is -0.417 e. The van der Waals surface area contributed by atoms with Gasteiger partial charge in [0.15, 0.2) is 0 Å². The van der Waals surface area contributed by atoms with Gasteiger partial charge in [-0.15, -0.1) is 10.2 Å².